The monoisotopic (exact) mass is 228 g/mol. The summed E-state index contributed by atoms with van der Waals surface area (Å²) in [5.41, 5.74) is 15.6. The summed E-state index contributed by atoms with van der Waals surface area (Å²) in [6.07, 6.45) is 6.01. The van der Waals surface area contributed by atoms with Crippen LogP contribution in [0, 0.1) is 0 Å². The van der Waals surface area contributed by atoms with Gasteiger partial charge in [-0.05, 0) is 24.1 Å². The van der Waals surface area contributed by atoms with E-state index in [0.717, 1.165) is 23.2 Å². The lowest BCUT2D eigenvalue weighted by atomic mass is 9.99. The maximum atomic E-state index is 6.21. The van der Waals surface area contributed by atoms with E-state index in [1.807, 2.05) is 12.1 Å². The highest BCUT2D eigenvalue weighted by Crippen LogP contribution is 2.24. The molecule has 1 unspecified atom stereocenters. The van der Waals surface area contributed by atoms with Crippen LogP contribution >= 0.6 is 0 Å². The third kappa shape index (κ3) is 2.26. The third-order valence-corrected chi connectivity index (χ3v) is 2.82. The zero-order valence-electron chi connectivity index (χ0n) is 9.80. The van der Waals surface area contributed by atoms with Gasteiger partial charge in [-0.25, -0.2) is 0 Å². The van der Waals surface area contributed by atoms with Crippen molar-refractivity contribution in [3.63, 3.8) is 0 Å². The van der Waals surface area contributed by atoms with Crippen molar-refractivity contribution in [1.29, 1.82) is 0 Å². The van der Waals surface area contributed by atoms with Gasteiger partial charge < -0.3 is 11.5 Å². The van der Waals surface area contributed by atoms with Gasteiger partial charge in [0.25, 0.3) is 0 Å². The molecule has 0 aliphatic heterocycles. The van der Waals surface area contributed by atoms with Gasteiger partial charge in [0.05, 0.1) is 11.7 Å². The van der Waals surface area contributed by atoms with Crippen LogP contribution in [0.4, 0.5) is 5.69 Å². The summed E-state index contributed by atoms with van der Waals surface area (Å²) in [4.78, 5) is 8.42. The molecule has 1 atom stereocenters. The number of aryl methyl sites for hydroxylation is 1. The van der Waals surface area contributed by atoms with Gasteiger partial charge in [-0.15, -0.1) is 0 Å². The molecule has 0 amide bonds. The first-order valence-electron chi connectivity index (χ1n) is 5.62. The van der Waals surface area contributed by atoms with Gasteiger partial charge >= 0.3 is 0 Å². The van der Waals surface area contributed by atoms with E-state index in [0.29, 0.717) is 5.69 Å². The summed E-state index contributed by atoms with van der Waals surface area (Å²) in [6, 6.07) is 5.39. The Hall–Kier alpha value is -1.94. The highest BCUT2D eigenvalue weighted by Gasteiger charge is 2.16. The van der Waals surface area contributed by atoms with Gasteiger partial charge in [0, 0.05) is 29.8 Å². The van der Waals surface area contributed by atoms with Gasteiger partial charge in [-0.3, -0.25) is 9.97 Å². The number of nitrogens with two attached hydrogens (primary N) is 2. The molecule has 0 spiro atoms. The second-order valence-corrected chi connectivity index (χ2v) is 3.88. The van der Waals surface area contributed by atoms with Crippen LogP contribution in [-0.4, -0.2) is 9.97 Å². The van der Waals surface area contributed by atoms with Crippen LogP contribution in [0.25, 0.3) is 0 Å². The van der Waals surface area contributed by atoms with Crippen LogP contribution in [-0.2, 0) is 6.42 Å². The Labute approximate surface area is 101 Å². The summed E-state index contributed by atoms with van der Waals surface area (Å²) >= 11 is 0. The van der Waals surface area contributed by atoms with Crippen molar-refractivity contribution in [2.24, 2.45) is 5.73 Å². The van der Waals surface area contributed by atoms with Gasteiger partial charge in [0.2, 0.25) is 0 Å². The predicted molar refractivity (Wildman–Crippen MR) is 68.3 cm³/mol. The van der Waals surface area contributed by atoms with Crippen molar-refractivity contribution >= 4 is 5.69 Å². The van der Waals surface area contributed by atoms with Crippen molar-refractivity contribution in [2.45, 2.75) is 19.4 Å². The first-order valence-corrected chi connectivity index (χ1v) is 5.62. The zero-order chi connectivity index (χ0) is 12.3. The summed E-state index contributed by atoms with van der Waals surface area (Å²) in [5, 5.41) is 0. The Kier molecular flexibility index (Phi) is 3.35. The molecular weight excluding hydrogens is 212 g/mol. The average Bonchev–Trinajstić information content (AvgIpc) is 2.38. The van der Waals surface area contributed by atoms with Crippen molar-refractivity contribution in [2.75, 3.05) is 5.73 Å². The number of hydrogen-bond donors (Lipinski definition) is 2. The SMILES string of the molecule is CCc1cccnc1C(N)c1cnccc1N. The van der Waals surface area contributed by atoms with Crippen LogP contribution in [0.2, 0.25) is 0 Å². The molecule has 2 aromatic rings. The first-order chi connectivity index (χ1) is 8.24. The van der Waals surface area contributed by atoms with Crippen LogP contribution < -0.4 is 11.5 Å². The molecule has 17 heavy (non-hydrogen) atoms. The molecule has 4 N–H and O–H groups in total. The minimum absolute atomic E-state index is 0.320. The average molecular weight is 228 g/mol. The molecular formula is C13H16N4. The molecule has 4 heteroatoms. The highest BCUT2D eigenvalue weighted by atomic mass is 14.8. The molecule has 0 aliphatic carbocycles. The Bertz CT molecular complexity index is 510. The topological polar surface area (TPSA) is 77.8 Å². The van der Waals surface area contributed by atoms with Gasteiger partial charge in [-0.2, -0.15) is 0 Å². The zero-order valence-corrected chi connectivity index (χ0v) is 9.80. The second-order valence-electron chi connectivity index (χ2n) is 3.88. The Morgan fingerprint density at radius 1 is 1.29 bits per heavy atom. The third-order valence-electron chi connectivity index (χ3n) is 2.82. The smallest absolute Gasteiger partial charge is 0.0764 e. The molecule has 0 saturated heterocycles. The molecule has 2 rings (SSSR count). The Morgan fingerprint density at radius 2 is 2.12 bits per heavy atom. The molecule has 0 aliphatic rings. The van der Waals surface area contributed by atoms with Crippen LogP contribution in [0.3, 0.4) is 0 Å². The number of anilines is 1. The van der Waals surface area contributed by atoms with Crippen molar-refractivity contribution < 1.29 is 0 Å². The summed E-state index contributed by atoms with van der Waals surface area (Å²) in [7, 11) is 0. The molecule has 0 saturated carbocycles. The largest absolute Gasteiger partial charge is 0.398 e. The van der Waals surface area contributed by atoms with E-state index in [9.17, 15) is 0 Å². The van der Waals surface area contributed by atoms with E-state index < -0.39 is 0 Å². The van der Waals surface area contributed by atoms with Crippen LogP contribution in [0.1, 0.15) is 29.8 Å². The molecule has 4 nitrogen and oxygen atoms in total. The number of nitrogens with zero attached hydrogens (tertiary/aromatic N) is 2. The van der Waals surface area contributed by atoms with Crippen molar-refractivity contribution in [1.82, 2.24) is 9.97 Å². The summed E-state index contributed by atoms with van der Waals surface area (Å²) < 4.78 is 0. The van der Waals surface area contributed by atoms with E-state index in [4.69, 9.17) is 11.5 Å². The van der Waals surface area contributed by atoms with E-state index in [-0.39, 0.29) is 6.04 Å². The van der Waals surface area contributed by atoms with Crippen molar-refractivity contribution in [3.05, 3.63) is 53.6 Å². The minimum Gasteiger partial charge on any atom is -0.398 e. The number of nitrogen functional groups attached to an aromatic ring is 1. The maximum absolute atomic E-state index is 6.21. The van der Waals surface area contributed by atoms with Gasteiger partial charge in [0.15, 0.2) is 0 Å². The van der Waals surface area contributed by atoms with Crippen LogP contribution in [0.5, 0.6) is 0 Å². The van der Waals surface area contributed by atoms with Crippen molar-refractivity contribution in [3.8, 4) is 0 Å². The van der Waals surface area contributed by atoms with E-state index in [1.54, 1.807) is 24.7 Å². The molecule has 0 bridgehead atoms. The second kappa shape index (κ2) is 4.93. The number of pyridine rings is 2. The lowest BCUT2D eigenvalue weighted by Gasteiger charge is -2.16. The molecule has 2 heterocycles. The molecule has 0 radical (unpaired) electrons. The predicted octanol–water partition coefficient (Wildman–Crippen LogP) is 1.67. The highest BCUT2D eigenvalue weighted by molar-refractivity contribution is 5.49. The number of rotatable bonds is 3. The van der Waals surface area contributed by atoms with Crippen LogP contribution in [0.15, 0.2) is 36.8 Å². The fourth-order valence-electron chi connectivity index (χ4n) is 1.85. The Balaban J connectivity index is 2.44. The molecule has 2 aromatic heterocycles. The number of hydrogen-bond acceptors (Lipinski definition) is 4. The normalized spacial score (nSPS) is 12.4. The fraction of sp³-hybridized carbons (Fsp3) is 0.231. The minimum atomic E-state index is -0.320. The summed E-state index contributed by atoms with van der Waals surface area (Å²) in [6.45, 7) is 2.08. The lowest BCUT2D eigenvalue weighted by molar-refractivity contribution is 0.803. The molecule has 88 valence electrons. The molecule has 0 aromatic carbocycles. The van der Waals surface area contributed by atoms with E-state index >= 15 is 0 Å². The quantitative estimate of drug-likeness (QED) is 0.837. The fourth-order valence-corrected chi connectivity index (χ4v) is 1.85. The summed E-state index contributed by atoms with van der Waals surface area (Å²) in [5.74, 6) is 0. The van der Waals surface area contributed by atoms with E-state index in [1.165, 1.54) is 0 Å². The number of aromatic nitrogens is 2. The first kappa shape index (κ1) is 11.5. The van der Waals surface area contributed by atoms with E-state index in [2.05, 4.69) is 16.9 Å². The van der Waals surface area contributed by atoms with Gasteiger partial charge in [-0.1, -0.05) is 13.0 Å². The lowest BCUT2D eigenvalue weighted by Crippen LogP contribution is -2.17. The molecule has 0 fully saturated rings. The maximum Gasteiger partial charge on any atom is 0.0764 e. The van der Waals surface area contributed by atoms with Gasteiger partial charge in [0.1, 0.15) is 0 Å². The Morgan fingerprint density at radius 3 is 2.82 bits per heavy atom. The standard InChI is InChI=1S/C13H16N4/c1-2-9-4-3-6-17-13(9)12(15)10-8-16-7-5-11(10)14/h3-8,12H,2,15H2,1H3,(H2,14,16).